The molecule has 4 atom stereocenters. The number of benzene rings is 1. The van der Waals surface area contributed by atoms with Crippen molar-refractivity contribution >= 4 is 5.78 Å². The van der Waals surface area contributed by atoms with Crippen molar-refractivity contribution in [2.24, 2.45) is 29.6 Å². The molecule has 4 unspecified atom stereocenters. The Kier molecular flexibility index (Phi) is 2.36. The maximum Gasteiger partial charge on any atom is 0.141 e. The second-order valence-electron chi connectivity index (χ2n) is 6.36. The standard InChI is InChI=1S/C16H16F2O/c17-11-2-1-3-12(18)10(11)7-13(19)16-14-8-4-5-9(6-8)15(14)16/h1-3,8-9,14-16H,4-7H2. The predicted octanol–water partition coefficient (Wildman–Crippen LogP) is 3.37. The molecule has 19 heavy (non-hydrogen) atoms. The third kappa shape index (κ3) is 1.60. The lowest BCUT2D eigenvalue weighted by molar-refractivity contribution is -0.120. The molecule has 0 saturated heterocycles. The van der Waals surface area contributed by atoms with Gasteiger partial charge >= 0.3 is 0 Å². The first-order valence-electron chi connectivity index (χ1n) is 7.12. The summed E-state index contributed by atoms with van der Waals surface area (Å²) in [5.74, 6) is 1.48. The highest BCUT2D eigenvalue weighted by Crippen LogP contribution is 2.69. The molecule has 0 N–H and O–H groups in total. The number of fused-ring (bicyclic) bond motifs is 5. The Bertz CT molecular complexity index is 517. The smallest absolute Gasteiger partial charge is 0.141 e. The zero-order valence-corrected chi connectivity index (χ0v) is 10.6. The van der Waals surface area contributed by atoms with E-state index < -0.39 is 11.6 Å². The Hall–Kier alpha value is -1.25. The van der Waals surface area contributed by atoms with Gasteiger partial charge < -0.3 is 0 Å². The summed E-state index contributed by atoms with van der Waals surface area (Å²) in [6.07, 6.45) is 3.72. The normalized spacial score (nSPS) is 38.3. The van der Waals surface area contributed by atoms with Gasteiger partial charge in [-0.05, 0) is 55.1 Å². The van der Waals surface area contributed by atoms with Crippen molar-refractivity contribution < 1.29 is 13.6 Å². The number of rotatable bonds is 3. The predicted molar refractivity (Wildman–Crippen MR) is 66.4 cm³/mol. The van der Waals surface area contributed by atoms with Crippen LogP contribution in [0.1, 0.15) is 24.8 Å². The maximum atomic E-state index is 13.6. The van der Waals surface area contributed by atoms with Crippen LogP contribution in [0.2, 0.25) is 0 Å². The molecule has 0 heterocycles. The van der Waals surface area contributed by atoms with E-state index in [1.165, 1.54) is 37.5 Å². The first-order chi connectivity index (χ1) is 9.16. The van der Waals surface area contributed by atoms with E-state index in [0.29, 0.717) is 11.8 Å². The Morgan fingerprint density at radius 2 is 1.68 bits per heavy atom. The van der Waals surface area contributed by atoms with E-state index in [9.17, 15) is 13.6 Å². The summed E-state index contributed by atoms with van der Waals surface area (Å²) >= 11 is 0. The number of carbonyl (C=O) groups excluding carboxylic acids is 1. The number of hydrogen-bond acceptors (Lipinski definition) is 1. The molecule has 3 fully saturated rings. The Labute approximate surface area is 111 Å². The van der Waals surface area contributed by atoms with Crippen molar-refractivity contribution in [3.05, 3.63) is 35.4 Å². The molecule has 0 spiro atoms. The maximum absolute atomic E-state index is 13.6. The van der Waals surface area contributed by atoms with Crippen molar-refractivity contribution in [1.29, 1.82) is 0 Å². The Morgan fingerprint density at radius 1 is 1.11 bits per heavy atom. The van der Waals surface area contributed by atoms with Gasteiger partial charge in [-0.25, -0.2) is 8.78 Å². The van der Waals surface area contributed by atoms with Gasteiger partial charge in [-0.2, -0.15) is 0 Å². The van der Waals surface area contributed by atoms with Crippen molar-refractivity contribution in [3.63, 3.8) is 0 Å². The van der Waals surface area contributed by atoms with Crippen LogP contribution in [0.5, 0.6) is 0 Å². The minimum atomic E-state index is -0.595. The fourth-order valence-electron chi connectivity index (χ4n) is 4.75. The first-order valence-corrected chi connectivity index (χ1v) is 7.12. The molecule has 1 nitrogen and oxygen atoms in total. The minimum Gasteiger partial charge on any atom is -0.299 e. The average molecular weight is 262 g/mol. The number of Topliss-reactive ketones (excluding diaryl/α,β-unsaturated/α-hetero) is 1. The number of ketones is 1. The zero-order chi connectivity index (χ0) is 13.1. The summed E-state index contributed by atoms with van der Waals surface area (Å²) in [6.45, 7) is 0. The SMILES string of the molecule is O=C(Cc1c(F)cccc1F)C1C2C3CCC(C3)C12. The van der Waals surface area contributed by atoms with E-state index in [1.54, 1.807) is 0 Å². The molecule has 2 bridgehead atoms. The third-order valence-corrected chi connectivity index (χ3v) is 5.52. The van der Waals surface area contributed by atoms with E-state index in [0.717, 1.165) is 11.8 Å². The molecule has 3 heteroatoms. The lowest BCUT2D eigenvalue weighted by Crippen LogP contribution is -2.14. The van der Waals surface area contributed by atoms with E-state index in [2.05, 4.69) is 0 Å². The lowest BCUT2D eigenvalue weighted by atomic mass is 9.96. The molecule has 3 aliphatic rings. The number of carbonyl (C=O) groups is 1. The molecule has 4 rings (SSSR count). The zero-order valence-electron chi connectivity index (χ0n) is 10.6. The second-order valence-corrected chi connectivity index (χ2v) is 6.36. The van der Waals surface area contributed by atoms with Gasteiger partial charge in [0.25, 0.3) is 0 Å². The molecular formula is C16H16F2O. The van der Waals surface area contributed by atoms with Crippen LogP contribution in [-0.2, 0) is 11.2 Å². The molecule has 100 valence electrons. The molecule has 0 aromatic heterocycles. The second kappa shape index (κ2) is 3.87. The van der Waals surface area contributed by atoms with E-state index in [1.807, 2.05) is 0 Å². The molecule has 1 aromatic rings. The van der Waals surface area contributed by atoms with Crippen molar-refractivity contribution in [2.75, 3.05) is 0 Å². The molecule has 0 aliphatic heterocycles. The largest absolute Gasteiger partial charge is 0.299 e. The Balaban J connectivity index is 1.52. The molecule has 0 amide bonds. The Morgan fingerprint density at radius 3 is 2.26 bits per heavy atom. The van der Waals surface area contributed by atoms with Gasteiger partial charge in [-0.15, -0.1) is 0 Å². The summed E-state index contributed by atoms with van der Waals surface area (Å²) in [4.78, 5) is 12.3. The van der Waals surface area contributed by atoms with Crippen molar-refractivity contribution in [1.82, 2.24) is 0 Å². The van der Waals surface area contributed by atoms with Crippen LogP contribution in [0.15, 0.2) is 18.2 Å². The van der Waals surface area contributed by atoms with Gasteiger partial charge in [0.2, 0.25) is 0 Å². The highest BCUT2D eigenvalue weighted by Gasteiger charge is 2.66. The van der Waals surface area contributed by atoms with Crippen LogP contribution in [-0.4, -0.2) is 5.78 Å². The van der Waals surface area contributed by atoms with E-state index in [-0.39, 0.29) is 23.7 Å². The van der Waals surface area contributed by atoms with Crippen LogP contribution in [0, 0.1) is 41.2 Å². The van der Waals surface area contributed by atoms with Crippen LogP contribution in [0.25, 0.3) is 0 Å². The monoisotopic (exact) mass is 262 g/mol. The van der Waals surface area contributed by atoms with E-state index in [4.69, 9.17) is 0 Å². The fraction of sp³-hybridized carbons (Fsp3) is 0.562. The van der Waals surface area contributed by atoms with Crippen LogP contribution in [0.4, 0.5) is 8.78 Å². The molecule has 1 aromatic carbocycles. The van der Waals surface area contributed by atoms with Gasteiger partial charge in [0.1, 0.15) is 17.4 Å². The first kappa shape index (κ1) is 11.6. The fourth-order valence-corrected chi connectivity index (χ4v) is 4.75. The number of hydrogen-bond donors (Lipinski definition) is 0. The summed E-state index contributed by atoms with van der Waals surface area (Å²) in [5, 5.41) is 0. The topological polar surface area (TPSA) is 17.1 Å². The van der Waals surface area contributed by atoms with Crippen LogP contribution in [0.3, 0.4) is 0 Å². The number of halogens is 2. The van der Waals surface area contributed by atoms with Crippen molar-refractivity contribution in [3.8, 4) is 0 Å². The summed E-state index contributed by atoms with van der Waals surface area (Å²) in [5.41, 5.74) is -0.0511. The quantitative estimate of drug-likeness (QED) is 0.816. The molecule has 3 saturated carbocycles. The van der Waals surface area contributed by atoms with Crippen LogP contribution >= 0.6 is 0 Å². The lowest BCUT2D eigenvalue weighted by Gasteiger charge is -2.08. The summed E-state index contributed by atoms with van der Waals surface area (Å²) in [7, 11) is 0. The van der Waals surface area contributed by atoms with Crippen LogP contribution < -0.4 is 0 Å². The van der Waals surface area contributed by atoms with Gasteiger partial charge in [0.05, 0.1) is 0 Å². The summed E-state index contributed by atoms with van der Waals surface area (Å²) < 4.78 is 27.1. The summed E-state index contributed by atoms with van der Waals surface area (Å²) in [6, 6.07) is 3.79. The highest BCUT2D eigenvalue weighted by molar-refractivity contribution is 5.87. The van der Waals surface area contributed by atoms with Crippen molar-refractivity contribution in [2.45, 2.75) is 25.7 Å². The highest BCUT2D eigenvalue weighted by atomic mass is 19.1. The molecular weight excluding hydrogens is 246 g/mol. The average Bonchev–Trinajstić information content (AvgIpc) is 2.83. The molecule has 0 radical (unpaired) electrons. The van der Waals surface area contributed by atoms with Gasteiger partial charge in [0, 0.05) is 17.9 Å². The third-order valence-electron chi connectivity index (χ3n) is 5.52. The minimum absolute atomic E-state index is 0.0511. The molecule has 3 aliphatic carbocycles. The van der Waals surface area contributed by atoms with Gasteiger partial charge in [-0.3, -0.25) is 4.79 Å². The van der Waals surface area contributed by atoms with E-state index >= 15 is 0 Å². The van der Waals surface area contributed by atoms with Gasteiger partial charge in [-0.1, -0.05) is 6.07 Å². The van der Waals surface area contributed by atoms with Gasteiger partial charge in [0.15, 0.2) is 0 Å².